The zero-order chi connectivity index (χ0) is 9.68. The number of amides is 1. The van der Waals surface area contributed by atoms with Gasteiger partial charge in [0.05, 0.1) is 12.3 Å². The minimum Gasteiger partial charge on any atom is -0.450 e. The number of hydrogen-bond acceptors (Lipinski definition) is 2. The molecule has 0 aliphatic carbocycles. The molecular weight excluding hydrogens is 173 g/mol. The Labute approximate surface area is 75.5 Å². The monoisotopic (exact) mass is 183 g/mol. The fraction of sp³-hybridized carbons (Fsp3) is 0.222. The zero-order valence-corrected chi connectivity index (χ0v) is 7.21. The molecule has 0 radical (unpaired) electrons. The van der Waals surface area contributed by atoms with E-state index in [-0.39, 0.29) is 12.3 Å². The van der Waals surface area contributed by atoms with Gasteiger partial charge in [-0.1, -0.05) is 12.1 Å². The minimum absolute atomic E-state index is 0.126. The number of ether oxygens (including phenoxy) is 1. The highest BCUT2D eigenvalue weighted by Crippen LogP contribution is 2.12. The van der Waals surface area contributed by atoms with Crippen LogP contribution in [0.5, 0.6) is 0 Å². The zero-order valence-electron chi connectivity index (χ0n) is 7.21. The lowest BCUT2D eigenvalue weighted by Crippen LogP contribution is -2.14. The first-order chi connectivity index (χ1) is 6.24. The molecule has 0 spiro atoms. The molecule has 1 rings (SSSR count). The van der Waals surface area contributed by atoms with Crippen LogP contribution in [-0.2, 0) is 4.74 Å². The average molecular weight is 183 g/mol. The number of carbonyl (C=O) groups excluding carboxylic acids is 1. The summed E-state index contributed by atoms with van der Waals surface area (Å²) in [6, 6.07) is 5.91. The van der Waals surface area contributed by atoms with E-state index in [1.807, 2.05) is 0 Å². The Kier molecular flexibility index (Phi) is 3.25. The van der Waals surface area contributed by atoms with Crippen molar-refractivity contribution in [2.45, 2.75) is 6.92 Å². The summed E-state index contributed by atoms with van der Waals surface area (Å²) in [6.07, 6.45) is -0.646. The molecule has 1 aromatic rings. The van der Waals surface area contributed by atoms with E-state index in [9.17, 15) is 9.18 Å². The van der Waals surface area contributed by atoms with Crippen LogP contribution in [0, 0.1) is 5.82 Å². The van der Waals surface area contributed by atoms with E-state index in [4.69, 9.17) is 0 Å². The van der Waals surface area contributed by atoms with Crippen LogP contribution in [0.4, 0.5) is 14.9 Å². The summed E-state index contributed by atoms with van der Waals surface area (Å²) < 4.78 is 17.5. The van der Waals surface area contributed by atoms with Crippen LogP contribution in [0.15, 0.2) is 24.3 Å². The molecule has 0 heterocycles. The molecule has 0 aromatic heterocycles. The van der Waals surface area contributed by atoms with Crippen molar-refractivity contribution in [2.24, 2.45) is 0 Å². The van der Waals surface area contributed by atoms with Crippen molar-refractivity contribution in [1.29, 1.82) is 0 Å². The van der Waals surface area contributed by atoms with E-state index in [0.717, 1.165) is 0 Å². The SMILES string of the molecule is CCOC(=O)Nc1ccccc1F. The number of nitrogens with one attached hydrogen (secondary N) is 1. The molecule has 13 heavy (non-hydrogen) atoms. The molecule has 0 aliphatic heterocycles. The Morgan fingerprint density at radius 3 is 2.85 bits per heavy atom. The van der Waals surface area contributed by atoms with Gasteiger partial charge in [-0.3, -0.25) is 5.32 Å². The number of rotatable bonds is 2. The van der Waals surface area contributed by atoms with Crippen molar-refractivity contribution in [3.05, 3.63) is 30.1 Å². The summed E-state index contributed by atoms with van der Waals surface area (Å²) in [5.41, 5.74) is 0.126. The lowest BCUT2D eigenvalue weighted by atomic mass is 10.3. The van der Waals surface area contributed by atoms with Gasteiger partial charge in [0.15, 0.2) is 0 Å². The predicted octanol–water partition coefficient (Wildman–Crippen LogP) is 2.39. The molecule has 1 amide bonds. The lowest BCUT2D eigenvalue weighted by molar-refractivity contribution is 0.168. The number of halogens is 1. The first-order valence-electron chi connectivity index (χ1n) is 3.92. The maximum atomic E-state index is 12.9. The molecule has 0 fully saturated rings. The number of hydrogen-bond donors (Lipinski definition) is 1. The quantitative estimate of drug-likeness (QED) is 0.764. The summed E-state index contributed by atoms with van der Waals surface area (Å²) in [4.78, 5) is 10.9. The summed E-state index contributed by atoms with van der Waals surface area (Å²) in [6.45, 7) is 1.95. The Balaban J connectivity index is 2.63. The van der Waals surface area contributed by atoms with Gasteiger partial charge in [0.25, 0.3) is 0 Å². The average Bonchev–Trinajstić information content (AvgIpc) is 2.09. The van der Waals surface area contributed by atoms with Crippen molar-refractivity contribution in [1.82, 2.24) is 0 Å². The van der Waals surface area contributed by atoms with Gasteiger partial charge in [-0.25, -0.2) is 9.18 Å². The highest BCUT2D eigenvalue weighted by atomic mass is 19.1. The summed E-state index contributed by atoms with van der Waals surface area (Å²) in [5.74, 6) is -0.476. The highest BCUT2D eigenvalue weighted by molar-refractivity contribution is 5.84. The van der Waals surface area contributed by atoms with Gasteiger partial charge in [-0.05, 0) is 19.1 Å². The van der Waals surface area contributed by atoms with Crippen LogP contribution in [0.2, 0.25) is 0 Å². The van der Waals surface area contributed by atoms with E-state index in [1.54, 1.807) is 19.1 Å². The van der Waals surface area contributed by atoms with Crippen molar-refractivity contribution < 1.29 is 13.9 Å². The molecule has 70 valence electrons. The molecule has 4 heteroatoms. The van der Waals surface area contributed by atoms with Gasteiger partial charge < -0.3 is 4.74 Å². The third-order valence-electron chi connectivity index (χ3n) is 1.39. The largest absolute Gasteiger partial charge is 0.450 e. The number of anilines is 1. The van der Waals surface area contributed by atoms with Gasteiger partial charge in [0.1, 0.15) is 5.82 Å². The van der Waals surface area contributed by atoms with E-state index in [2.05, 4.69) is 10.1 Å². The fourth-order valence-corrected chi connectivity index (χ4v) is 0.840. The highest BCUT2D eigenvalue weighted by Gasteiger charge is 2.04. The van der Waals surface area contributed by atoms with Crippen molar-refractivity contribution in [2.75, 3.05) is 11.9 Å². The van der Waals surface area contributed by atoms with Gasteiger partial charge in [-0.2, -0.15) is 0 Å². The molecule has 0 bridgehead atoms. The van der Waals surface area contributed by atoms with Crippen molar-refractivity contribution in [3.8, 4) is 0 Å². The van der Waals surface area contributed by atoms with Crippen LogP contribution in [0.1, 0.15) is 6.92 Å². The minimum atomic E-state index is -0.646. The number of para-hydroxylation sites is 1. The molecule has 0 aliphatic rings. The molecule has 1 aromatic carbocycles. The Morgan fingerprint density at radius 1 is 1.54 bits per heavy atom. The first kappa shape index (κ1) is 9.51. The molecule has 0 atom stereocenters. The topological polar surface area (TPSA) is 38.3 Å². The summed E-state index contributed by atoms with van der Waals surface area (Å²) in [5, 5.41) is 2.27. The Hall–Kier alpha value is -1.58. The molecule has 0 unspecified atom stereocenters. The maximum absolute atomic E-state index is 12.9. The lowest BCUT2D eigenvalue weighted by Gasteiger charge is -2.04. The maximum Gasteiger partial charge on any atom is 0.411 e. The van der Waals surface area contributed by atoms with Crippen LogP contribution in [-0.4, -0.2) is 12.7 Å². The van der Waals surface area contributed by atoms with Gasteiger partial charge >= 0.3 is 6.09 Å². The smallest absolute Gasteiger partial charge is 0.411 e. The second-order valence-electron chi connectivity index (χ2n) is 2.33. The van der Waals surface area contributed by atoms with E-state index < -0.39 is 11.9 Å². The molecule has 1 N–H and O–H groups in total. The van der Waals surface area contributed by atoms with E-state index >= 15 is 0 Å². The normalized spacial score (nSPS) is 9.38. The number of carbonyl (C=O) groups is 1. The van der Waals surface area contributed by atoms with Crippen molar-refractivity contribution in [3.63, 3.8) is 0 Å². The van der Waals surface area contributed by atoms with E-state index in [0.29, 0.717) is 0 Å². The van der Waals surface area contributed by atoms with Crippen molar-refractivity contribution >= 4 is 11.8 Å². The third kappa shape index (κ3) is 2.74. The predicted molar refractivity (Wildman–Crippen MR) is 47.0 cm³/mol. The van der Waals surface area contributed by atoms with Gasteiger partial charge in [-0.15, -0.1) is 0 Å². The Bertz CT molecular complexity index is 301. The molecule has 0 saturated heterocycles. The summed E-state index contributed by atoms with van der Waals surface area (Å²) in [7, 11) is 0. The van der Waals surface area contributed by atoms with Crippen LogP contribution >= 0.6 is 0 Å². The molecular formula is C9H10FNO2. The van der Waals surface area contributed by atoms with Crippen LogP contribution in [0.3, 0.4) is 0 Å². The van der Waals surface area contributed by atoms with Crippen LogP contribution in [0.25, 0.3) is 0 Å². The first-order valence-corrected chi connectivity index (χ1v) is 3.92. The fourth-order valence-electron chi connectivity index (χ4n) is 0.840. The summed E-state index contributed by atoms with van der Waals surface area (Å²) >= 11 is 0. The Morgan fingerprint density at radius 2 is 2.23 bits per heavy atom. The van der Waals surface area contributed by atoms with Gasteiger partial charge in [0, 0.05) is 0 Å². The van der Waals surface area contributed by atoms with Gasteiger partial charge in [0.2, 0.25) is 0 Å². The second-order valence-corrected chi connectivity index (χ2v) is 2.33. The van der Waals surface area contributed by atoms with E-state index in [1.165, 1.54) is 12.1 Å². The molecule has 3 nitrogen and oxygen atoms in total. The standard InChI is InChI=1S/C9H10FNO2/c1-2-13-9(12)11-8-6-4-3-5-7(8)10/h3-6H,2H2,1H3,(H,11,12). The van der Waals surface area contributed by atoms with Crippen LogP contribution < -0.4 is 5.32 Å². The molecule has 0 saturated carbocycles. The third-order valence-corrected chi connectivity index (χ3v) is 1.39. The second kappa shape index (κ2) is 4.45. The number of benzene rings is 1.